The van der Waals surface area contributed by atoms with Crippen LogP contribution in [0.25, 0.3) is 0 Å². The molecule has 1 saturated heterocycles. The highest BCUT2D eigenvalue weighted by Gasteiger charge is 2.16. The first-order valence-electron chi connectivity index (χ1n) is 5.76. The number of hydrogen-bond donors (Lipinski definition) is 1. The number of nitrogens with one attached hydrogen (secondary N) is 1. The van der Waals surface area contributed by atoms with E-state index in [0.29, 0.717) is 0 Å². The topological polar surface area (TPSA) is 32.3 Å². The summed E-state index contributed by atoms with van der Waals surface area (Å²) in [5.74, 6) is 0.0829. The van der Waals surface area contributed by atoms with E-state index in [4.69, 9.17) is 0 Å². The number of halogens is 1. The molecule has 0 aromatic heterocycles. The molecule has 0 spiro atoms. The number of piperidine rings is 1. The van der Waals surface area contributed by atoms with Crippen LogP contribution in [0, 0.1) is 0 Å². The molecule has 0 aromatic carbocycles. The van der Waals surface area contributed by atoms with Crippen molar-refractivity contribution in [2.45, 2.75) is 44.0 Å². The van der Waals surface area contributed by atoms with Gasteiger partial charge in [-0.2, -0.15) is 0 Å². The summed E-state index contributed by atoms with van der Waals surface area (Å²) >= 11 is 3.27. The first kappa shape index (κ1) is 13.0. The van der Waals surface area contributed by atoms with Crippen LogP contribution in [-0.4, -0.2) is 41.3 Å². The van der Waals surface area contributed by atoms with Crippen molar-refractivity contribution in [3.8, 4) is 0 Å². The molecule has 0 aromatic rings. The average molecular weight is 277 g/mol. The van der Waals surface area contributed by atoms with Gasteiger partial charge in [0, 0.05) is 12.6 Å². The molecule has 1 aliphatic heterocycles. The molecule has 1 N–H and O–H groups in total. The first-order chi connectivity index (χ1) is 7.09. The summed E-state index contributed by atoms with van der Waals surface area (Å²) in [4.78, 5) is 13.8. The largest absolute Gasteiger partial charge is 0.351 e. The molecule has 0 bridgehead atoms. The standard InChI is InChI=1S/C11H21BrN2O/c1-9(13-11(15)10(2)12)8-14-6-4-3-5-7-14/h9-10H,3-8H2,1-2H3,(H,13,15). The molecule has 0 aliphatic carbocycles. The van der Waals surface area contributed by atoms with Gasteiger partial charge in [-0.1, -0.05) is 22.4 Å². The summed E-state index contributed by atoms with van der Waals surface area (Å²) in [6, 6.07) is 0.246. The molecular weight excluding hydrogens is 256 g/mol. The van der Waals surface area contributed by atoms with Crippen molar-refractivity contribution in [3.05, 3.63) is 0 Å². The predicted octanol–water partition coefficient (Wildman–Crippen LogP) is 1.76. The average Bonchev–Trinajstić information content (AvgIpc) is 2.18. The smallest absolute Gasteiger partial charge is 0.233 e. The molecule has 1 amide bonds. The van der Waals surface area contributed by atoms with E-state index in [-0.39, 0.29) is 16.8 Å². The molecule has 88 valence electrons. The lowest BCUT2D eigenvalue weighted by atomic mass is 10.1. The zero-order valence-electron chi connectivity index (χ0n) is 9.63. The minimum Gasteiger partial charge on any atom is -0.351 e. The zero-order chi connectivity index (χ0) is 11.3. The second kappa shape index (κ2) is 6.48. The Morgan fingerprint density at radius 3 is 2.47 bits per heavy atom. The molecule has 4 heteroatoms. The third-order valence-corrected chi connectivity index (χ3v) is 3.15. The molecular formula is C11H21BrN2O. The maximum absolute atomic E-state index is 11.4. The monoisotopic (exact) mass is 276 g/mol. The van der Waals surface area contributed by atoms with E-state index >= 15 is 0 Å². The van der Waals surface area contributed by atoms with Crippen molar-refractivity contribution in [2.24, 2.45) is 0 Å². The fourth-order valence-electron chi connectivity index (χ4n) is 1.93. The summed E-state index contributed by atoms with van der Waals surface area (Å²) < 4.78 is 0. The Balaban J connectivity index is 2.22. The zero-order valence-corrected chi connectivity index (χ0v) is 11.2. The van der Waals surface area contributed by atoms with Gasteiger partial charge in [0.25, 0.3) is 0 Å². The van der Waals surface area contributed by atoms with Crippen LogP contribution in [0.3, 0.4) is 0 Å². The molecule has 3 nitrogen and oxygen atoms in total. The van der Waals surface area contributed by atoms with E-state index in [0.717, 1.165) is 6.54 Å². The number of hydrogen-bond acceptors (Lipinski definition) is 2. The van der Waals surface area contributed by atoms with Gasteiger partial charge in [-0.05, 0) is 39.8 Å². The van der Waals surface area contributed by atoms with E-state index in [1.165, 1.54) is 32.4 Å². The Morgan fingerprint density at radius 2 is 1.93 bits per heavy atom. The summed E-state index contributed by atoms with van der Waals surface area (Å²) in [7, 11) is 0. The van der Waals surface area contributed by atoms with Crippen LogP contribution in [0.2, 0.25) is 0 Å². The number of nitrogens with zero attached hydrogens (tertiary/aromatic N) is 1. The first-order valence-corrected chi connectivity index (χ1v) is 6.68. The highest BCUT2D eigenvalue weighted by atomic mass is 79.9. The van der Waals surface area contributed by atoms with Gasteiger partial charge >= 0.3 is 0 Å². The highest BCUT2D eigenvalue weighted by molar-refractivity contribution is 9.10. The number of rotatable bonds is 4. The third kappa shape index (κ3) is 4.98. The highest BCUT2D eigenvalue weighted by Crippen LogP contribution is 2.09. The molecule has 2 atom stereocenters. The van der Waals surface area contributed by atoms with Crippen molar-refractivity contribution < 1.29 is 4.79 Å². The number of alkyl halides is 1. The lowest BCUT2D eigenvalue weighted by Gasteiger charge is -2.29. The van der Waals surface area contributed by atoms with Gasteiger partial charge in [0.05, 0.1) is 4.83 Å². The molecule has 1 aliphatic rings. The molecule has 0 radical (unpaired) electrons. The Bertz CT molecular complexity index is 203. The number of carbonyl (C=O) groups excluding carboxylic acids is 1. The molecule has 15 heavy (non-hydrogen) atoms. The van der Waals surface area contributed by atoms with Crippen LogP contribution < -0.4 is 5.32 Å². The number of amides is 1. The third-order valence-electron chi connectivity index (χ3n) is 2.73. The maximum Gasteiger partial charge on any atom is 0.233 e. The number of likely N-dealkylation sites (tertiary alicyclic amines) is 1. The SMILES string of the molecule is CC(CN1CCCCC1)NC(=O)C(C)Br. The van der Waals surface area contributed by atoms with E-state index < -0.39 is 0 Å². The number of carbonyl (C=O) groups is 1. The maximum atomic E-state index is 11.4. The molecule has 2 unspecified atom stereocenters. The van der Waals surface area contributed by atoms with Crippen LogP contribution in [0.4, 0.5) is 0 Å². The van der Waals surface area contributed by atoms with Crippen LogP contribution in [0.15, 0.2) is 0 Å². The minimum atomic E-state index is -0.0960. The second-order valence-electron chi connectivity index (χ2n) is 4.39. The van der Waals surface area contributed by atoms with Crippen molar-refractivity contribution in [1.29, 1.82) is 0 Å². The predicted molar refractivity (Wildman–Crippen MR) is 66.3 cm³/mol. The van der Waals surface area contributed by atoms with Gasteiger partial charge < -0.3 is 10.2 Å². The second-order valence-corrected chi connectivity index (χ2v) is 5.76. The Hall–Kier alpha value is -0.0900. The van der Waals surface area contributed by atoms with Crippen molar-refractivity contribution in [2.75, 3.05) is 19.6 Å². The van der Waals surface area contributed by atoms with E-state index in [1.807, 2.05) is 6.92 Å². The van der Waals surface area contributed by atoms with Crippen molar-refractivity contribution in [3.63, 3.8) is 0 Å². The Labute approximate surface area is 101 Å². The summed E-state index contributed by atoms with van der Waals surface area (Å²) in [5.41, 5.74) is 0. The molecule has 1 fully saturated rings. The lowest BCUT2D eigenvalue weighted by molar-refractivity contribution is -0.120. The Morgan fingerprint density at radius 1 is 1.33 bits per heavy atom. The molecule has 0 saturated carbocycles. The van der Waals surface area contributed by atoms with Crippen LogP contribution in [-0.2, 0) is 4.79 Å². The van der Waals surface area contributed by atoms with E-state index in [9.17, 15) is 4.79 Å². The van der Waals surface area contributed by atoms with Crippen molar-refractivity contribution >= 4 is 21.8 Å². The van der Waals surface area contributed by atoms with Gasteiger partial charge in [0.2, 0.25) is 5.91 Å². The quantitative estimate of drug-likeness (QED) is 0.794. The molecule has 1 rings (SSSR count). The van der Waals surface area contributed by atoms with Gasteiger partial charge in [-0.25, -0.2) is 0 Å². The van der Waals surface area contributed by atoms with Crippen LogP contribution in [0.1, 0.15) is 33.1 Å². The Kier molecular flexibility index (Phi) is 5.61. The normalized spacial score (nSPS) is 22.1. The van der Waals surface area contributed by atoms with Gasteiger partial charge in [0.15, 0.2) is 0 Å². The van der Waals surface area contributed by atoms with E-state index in [1.54, 1.807) is 0 Å². The van der Waals surface area contributed by atoms with Crippen LogP contribution in [0.5, 0.6) is 0 Å². The van der Waals surface area contributed by atoms with Crippen molar-refractivity contribution in [1.82, 2.24) is 10.2 Å². The molecule has 1 heterocycles. The van der Waals surface area contributed by atoms with Gasteiger partial charge in [-0.15, -0.1) is 0 Å². The fourth-order valence-corrected chi connectivity index (χ4v) is 2.06. The van der Waals surface area contributed by atoms with Crippen LogP contribution >= 0.6 is 15.9 Å². The summed E-state index contributed by atoms with van der Waals surface area (Å²) in [6.45, 7) is 7.27. The minimum absolute atomic E-state index is 0.0829. The van der Waals surface area contributed by atoms with Gasteiger partial charge in [-0.3, -0.25) is 4.79 Å². The summed E-state index contributed by atoms with van der Waals surface area (Å²) in [6.07, 6.45) is 3.96. The lowest BCUT2D eigenvalue weighted by Crippen LogP contribution is -2.45. The van der Waals surface area contributed by atoms with E-state index in [2.05, 4.69) is 33.1 Å². The van der Waals surface area contributed by atoms with Gasteiger partial charge in [0.1, 0.15) is 0 Å². The fraction of sp³-hybridized carbons (Fsp3) is 0.909. The summed E-state index contributed by atoms with van der Waals surface area (Å²) in [5, 5.41) is 3.00.